The Morgan fingerprint density at radius 3 is 2.67 bits per heavy atom. The molecule has 1 aromatic rings. The first-order valence-electron chi connectivity index (χ1n) is 6.74. The van der Waals surface area contributed by atoms with E-state index in [4.69, 9.17) is 9.47 Å². The second-order valence-corrected chi connectivity index (χ2v) is 5.36. The standard InChI is InChI=1S/C16H20O2/c1-11-3-4-13-9-18-10-15(13)16(11)12-5-7-14(17-2)8-6-12/h5-8,11,13H,3-4,9-10H2,1-2H3/t11-,13-/m0/s1. The summed E-state index contributed by atoms with van der Waals surface area (Å²) in [6, 6.07) is 8.46. The third-order valence-electron chi connectivity index (χ3n) is 4.26. The summed E-state index contributed by atoms with van der Waals surface area (Å²) in [6.45, 7) is 4.08. The second-order valence-electron chi connectivity index (χ2n) is 5.36. The molecule has 1 fully saturated rings. The van der Waals surface area contributed by atoms with Crippen LogP contribution in [0.1, 0.15) is 25.3 Å². The van der Waals surface area contributed by atoms with Gasteiger partial charge in [0.15, 0.2) is 0 Å². The van der Waals surface area contributed by atoms with E-state index in [1.807, 2.05) is 0 Å². The Hall–Kier alpha value is -1.28. The maximum atomic E-state index is 5.65. The molecule has 0 spiro atoms. The fourth-order valence-corrected chi connectivity index (χ4v) is 3.24. The molecule has 2 atom stereocenters. The Labute approximate surface area is 109 Å². The molecule has 0 amide bonds. The summed E-state index contributed by atoms with van der Waals surface area (Å²) >= 11 is 0. The van der Waals surface area contributed by atoms with Crippen LogP contribution in [0.25, 0.3) is 5.57 Å². The van der Waals surface area contributed by atoms with Crippen LogP contribution < -0.4 is 4.74 Å². The molecule has 0 unspecified atom stereocenters. The molecular weight excluding hydrogens is 224 g/mol. The van der Waals surface area contributed by atoms with Crippen LogP contribution in [-0.2, 0) is 4.74 Å². The van der Waals surface area contributed by atoms with Gasteiger partial charge in [0.25, 0.3) is 0 Å². The Morgan fingerprint density at radius 2 is 1.94 bits per heavy atom. The van der Waals surface area contributed by atoms with Gasteiger partial charge >= 0.3 is 0 Å². The number of methoxy groups -OCH3 is 1. The molecule has 96 valence electrons. The monoisotopic (exact) mass is 244 g/mol. The average Bonchev–Trinajstić information content (AvgIpc) is 2.87. The van der Waals surface area contributed by atoms with E-state index in [-0.39, 0.29) is 0 Å². The SMILES string of the molecule is COc1ccc(C2=C3COC[C@@H]3CC[C@@H]2C)cc1. The lowest BCUT2D eigenvalue weighted by molar-refractivity contribution is 0.185. The normalized spacial score (nSPS) is 27.2. The minimum atomic E-state index is 0.645. The van der Waals surface area contributed by atoms with Crippen molar-refractivity contribution in [3.05, 3.63) is 35.4 Å². The highest BCUT2D eigenvalue weighted by atomic mass is 16.5. The maximum absolute atomic E-state index is 5.65. The summed E-state index contributed by atoms with van der Waals surface area (Å²) < 4.78 is 10.9. The largest absolute Gasteiger partial charge is 0.497 e. The van der Waals surface area contributed by atoms with Crippen LogP contribution in [0.2, 0.25) is 0 Å². The topological polar surface area (TPSA) is 18.5 Å². The first-order chi connectivity index (χ1) is 8.79. The van der Waals surface area contributed by atoms with Crippen molar-refractivity contribution in [2.75, 3.05) is 20.3 Å². The van der Waals surface area contributed by atoms with Gasteiger partial charge in [-0.3, -0.25) is 0 Å². The van der Waals surface area contributed by atoms with Gasteiger partial charge in [-0.1, -0.05) is 19.1 Å². The van der Waals surface area contributed by atoms with Crippen molar-refractivity contribution < 1.29 is 9.47 Å². The third kappa shape index (κ3) is 1.95. The fraction of sp³-hybridized carbons (Fsp3) is 0.500. The van der Waals surface area contributed by atoms with Crippen LogP contribution in [0.4, 0.5) is 0 Å². The quantitative estimate of drug-likeness (QED) is 0.792. The molecular formula is C16H20O2. The molecule has 1 aromatic carbocycles. The van der Waals surface area contributed by atoms with Gasteiger partial charge in [0.1, 0.15) is 5.75 Å². The van der Waals surface area contributed by atoms with Crippen LogP contribution in [0, 0.1) is 11.8 Å². The smallest absolute Gasteiger partial charge is 0.118 e. The van der Waals surface area contributed by atoms with E-state index in [0.29, 0.717) is 11.8 Å². The first-order valence-corrected chi connectivity index (χ1v) is 6.74. The number of ether oxygens (including phenoxy) is 2. The Bertz CT molecular complexity index is 458. The van der Waals surface area contributed by atoms with Crippen molar-refractivity contribution in [1.82, 2.24) is 0 Å². The molecule has 1 heterocycles. The van der Waals surface area contributed by atoms with E-state index in [0.717, 1.165) is 19.0 Å². The van der Waals surface area contributed by atoms with Gasteiger partial charge in [-0.05, 0) is 47.6 Å². The molecule has 0 radical (unpaired) electrons. The van der Waals surface area contributed by atoms with Crippen LogP contribution in [0.15, 0.2) is 29.8 Å². The number of fused-ring (bicyclic) bond motifs is 1. The Kier molecular flexibility index (Phi) is 3.13. The summed E-state index contributed by atoms with van der Waals surface area (Å²) in [5.41, 5.74) is 4.40. The third-order valence-corrected chi connectivity index (χ3v) is 4.26. The maximum Gasteiger partial charge on any atom is 0.118 e. The molecule has 0 saturated carbocycles. The van der Waals surface area contributed by atoms with E-state index in [1.54, 1.807) is 12.7 Å². The molecule has 1 aliphatic carbocycles. The van der Waals surface area contributed by atoms with E-state index >= 15 is 0 Å². The van der Waals surface area contributed by atoms with Crippen molar-refractivity contribution in [1.29, 1.82) is 0 Å². The number of allylic oxidation sites excluding steroid dienone is 1. The van der Waals surface area contributed by atoms with Crippen molar-refractivity contribution in [2.24, 2.45) is 11.8 Å². The number of hydrogen-bond acceptors (Lipinski definition) is 2. The Morgan fingerprint density at radius 1 is 1.17 bits per heavy atom. The zero-order valence-corrected chi connectivity index (χ0v) is 11.1. The summed E-state index contributed by atoms with van der Waals surface area (Å²) in [5.74, 6) is 2.23. The van der Waals surface area contributed by atoms with Crippen molar-refractivity contribution in [3.8, 4) is 5.75 Å². The molecule has 2 nitrogen and oxygen atoms in total. The summed E-state index contributed by atoms with van der Waals surface area (Å²) in [4.78, 5) is 0. The van der Waals surface area contributed by atoms with Gasteiger partial charge in [-0.25, -0.2) is 0 Å². The molecule has 1 aliphatic heterocycles. The molecule has 2 heteroatoms. The summed E-state index contributed by atoms with van der Waals surface area (Å²) in [6.07, 6.45) is 2.56. The molecule has 2 aliphatic rings. The van der Waals surface area contributed by atoms with E-state index in [1.165, 1.54) is 24.0 Å². The molecule has 1 saturated heterocycles. The lowest BCUT2D eigenvalue weighted by Gasteiger charge is -2.28. The van der Waals surface area contributed by atoms with Crippen molar-refractivity contribution >= 4 is 5.57 Å². The predicted molar refractivity (Wildman–Crippen MR) is 72.6 cm³/mol. The zero-order valence-electron chi connectivity index (χ0n) is 11.1. The predicted octanol–water partition coefficient (Wildman–Crippen LogP) is 3.53. The lowest BCUT2D eigenvalue weighted by Crippen LogP contribution is -2.16. The van der Waals surface area contributed by atoms with E-state index in [2.05, 4.69) is 31.2 Å². The number of benzene rings is 1. The highest BCUT2D eigenvalue weighted by Crippen LogP contribution is 2.42. The zero-order chi connectivity index (χ0) is 12.5. The van der Waals surface area contributed by atoms with Gasteiger partial charge in [-0.2, -0.15) is 0 Å². The van der Waals surface area contributed by atoms with E-state index < -0.39 is 0 Å². The highest BCUT2D eigenvalue weighted by Gasteiger charge is 2.31. The van der Waals surface area contributed by atoms with Gasteiger partial charge < -0.3 is 9.47 Å². The summed E-state index contributed by atoms with van der Waals surface area (Å²) in [5, 5.41) is 0. The first kappa shape index (κ1) is 11.8. The minimum Gasteiger partial charge on any atom is -0.497 e. The number of hydrogen-bond donors (Lipinski definition) is 0. The molecule has 18 heavy (non-hydrogen) atoms. The molecule has 0 bridgehead atoms. The van der Waals surface area contributed by atoms with Crippen molar-refractivity contribution in [2.45, 2.75) is 19.8 Å². The van der Waals surface area contributed by atoms with Gasteiger partial charge in [0.2, 0.25) is 0 Å². The van der Waals surface area contributed by atoms with Gasteiger partial charge in [0, 0.05) is 5.92 Å². The summed E-state index contributed by atoms with van der Waals surface area (Å²) in [7, 11) is 1.71. The van der Waals surface area contributed by atoms with Crippen LogP contribution >= 0.6 is 0 Å². The Balaban J connectivity index is 2.01. The average molecular weight is 244 g/mol. The van der Waals surface area contributed by atoms with Crippen LogP contribution in [0.3, 0.4) is 0 Å². The van der Waals surface area contributed by atoms with E-state index in [9.17, 15) is 0 Å². The van der Waals surface area contributed by atoms with Crippen LogP contribution in [-0.4, -0.2) is 20.3 Å². The fourth-order valence-electron chi connectivity index (χ4n) is 3.24. The molecule has 3 rings (SSSR count). The number of rotatable bonds is 2. The van der Waals surface area contributed by atoms with Gasteiger partial charge in [-0.15, -0.1) is 0 Å². The molecule has 0 N–H and O–H groups in total. The van der Waals surface area contributed by atoms with Gasteiger partial charge in [0.05, 0.1) is 20.3 Å². The lowest BCUT2D eigenvalue weighted by atomic mass is 9.76. The molecule has 0 aromatic heterocycles. The van der Waals surface area contributed by atoms with Crippen LogP contribution in [0.5, 0.6) is 5.75 Å². The van der Waals surface area contributed by atoms with Crippen molar-refractivity contribution in [3.63, 3.8) is 0 Å². The highest BCUT2D eigenvalue weighted by molar-refractivity contribution is 5.72. The second kappa shape index (κ2) is 4.77. The minimum absolute atomic E-state index is 0.645.